The zero-order chi connectivity index (χ0) is 13.1. The van der Waals surface area contributed by atoms with Crippen LogP contribution >= 0.6 is 0 Å². The topological polar surface area (TPSA) is 68.1 Å². The van der Waals surface area contributed by atoms with E-state index in [1.165, 1.54) is 18.9 Å². The second-order valence-electron chi connectivity index (χ2n) is 5.15. The van der Waals surface area contributed by atoms with Gasteiger partial charge in [-0.1, -0.05) is 26.7 Å². The van der Waals surface area contributed by atoms with Gasteiger partial charge in [-0.2, -0.15) is 0 Å². The van der Waals surface area contributed by atoms with Crippen LogP contribution in [0.3, 0.4) is 0 Å². The van der Waals surface area contributed by atoms with Crippen LogP contribution in [0.25, 0.3) is 0 Å². The molecule has 1 saturated carbocycles. The van der Waals surface area contributed by atoms with E-state index in [1.54, 1.807) is 12.3 Å². The van der Waals surface area contributed by atoms with Gasteiger partial charge in [-0.25, -0.2) is 4.98 Å². The molecule has 1 aliphatic carbocycles. The maximum absolute atomic E-state index is 10.9. The normalized spacial score (nSPS) is 27.8. The molecule has 1 heterocycles. The summed E-state index contributed by atoms with van der Waals surface area (Å²) in [6, 6.07) is 3.37. The third-order valence-electron chi connectivity index (χ3n) is 4.01. The fourth-order valence-corrected chi connectivity index (χ4v) is 2.62. The van der Waals surface area contributed by atoms with Crippen molar-refractivity contribution in [2.75, 3.05) is 5.32 Å². The van der Waals surface area contributed by atoms with E-state index in [2.05, 4.69) is 24.1 Å². The van der Waals surface area contributed by atoms with Crippen LogP contribution in [0.5, 0.6) is 0 Å². The minimum Gasteiger partial charge on any atom is -0.361 e. The fraction of sp³-hybridized carbons (Fsp3) is 0.615. The molecule has 1 N–H and O–H groups in total. The predicted molar refractivity (Wildman–Crippen MR) is 70.5 cm³/mol. The average Bonchev–Trinajstić information content (AvgIpc) is 2.35. The first-order valence-corrected chi connectivity index (χ1v) is 6.45. The number of hydrogen-bond acceptors (Lipinski definition) is 4. The molecule has 2 rings (SSSR count). The lowest BCUT2D eigenvalue weighted by Gasteiger charge is -2.34. The van der Waals surface area contributed by atoms with E-state index >= 15 is 0 Å². The third kappa shape index (κ3) is 2.60. The molecule has 1 aliphatic rings. The third-order valence-corrected chi connectivity index (χ3v) is 4.01. The summed E-state index contributed by atoms with van der Waals surface area (Å²) in [6.45, 7) is 4.45. The van der Waals surface area contributed by atoms with Crippen molar-refractivity contribution in [1.29, 1.82) is 0 Å². The Morgan fingerprint density at radius 1 is 1.44 bits per heavy atom. The van der Waals surface area contributed by atoms with Crippen LogP contribution in [0.2, 0.25) is 0 Å². The molecule has 0 radical (unpaired) electrons. The first-order chi connectivity index (χ1) is 8.59. The van der Waals surface area contributed by atoms with Crippen LogP contribution in [0.15, 0.2) is 18.3 Å². The Labute approximate surface area is 107 Å². The Hall–Kier alpha value is -1.65. The lowest BCUT2D eigenvalue weighted by molar-refractivity contribution is -0.384. The molecule has 5 heteroatoms. The Bertz CT molecular complexity index is 436. The van der Waals surface area contributed by atoms with Crippen LogP contribution in [0.4, 0.5) is 11.5 Å². The molecule has 0 saturated heterocycles. The van der Waals surface area contributed by atoms with Crippen LogP contribution in [-0.4, -0.2) is 15.9 Å². The molecular formula is C13H19N3O2. The van der Waals surface area contributed by atoms with Crippen LogP contribution < -0.4 is 5.32 Å². The van der Waals surface area contributed by atoms with E-state index in [-0.39, 0.29) is 16.7 Å². The van der Waals surface area contributed by atoms with Gasteiger partial charge in [0.2, 0.25) is 5.82 Å². The van der Waals surface area contributed by atoms with E-state index < -0.39 is 0 Å². The summed E-state index contributed by atoms with van der Waals surface area (Å²) in [7, 11) is 0. The monoisotopic (exact) mass is 249 g/mol. The minimum atomic E-state index is -0.383. The zero-order valence-electron chi connectivity index (χ0n) is 10.8. The highest BCUT2D eigenvalue weighted by molar-refractivity contribution is 5.55. The zero-order valence-corrected chi connectivity index (χ0v) is 10.8. The number of pyridine rings is 1. The number of nitrogens with one attached hydrogen (secondary N) is 1. The van der Waals surface area contributed by atoms with Crippen molar-refractivity contribution in [2.45, 2.75) is 39.2 Å². The van der Waals surface area contributed by atoms with Gasteiger partial charge in [0.1, 0.15) is 0 Å². The first kappa shape index (κ1) is 12.8. The van der Waals surface area contributed by atoms with Gasteiger partial charge < -0.3 is 5.32 Å². The maximum Gasteiger partial charge on any atom is 0.311 e. The van der Waals surface area contributed by atoms with Gasteiger partial charge in [-0.15, -0.1) is 0 Å². The largest absolute Gasteiger partial charge is 0.361 e. The van der Waals surface area contributed by atoms with E-state index in [0.29, 0.717) is 17.7 Å². The van der Waals surface area contributed by atoms with Gasteiger partial charge in [-0.3, -0.25) is 10.1 Å². The summed E-state index contributed by atoms with van der Waals surface area (Å²) in [4.78, 5) is 14.7. The lowest BCUT2D eigenvalue weighted by Crippen LogP contribution is -2.35. The van der Waals surface area contributed by atoms with Gasteiger partial charge in [0.25, 0.3) is 0 Å². The smallest absolute Gasteiger partial charge is 0.311 e. The van der Waals surface area contributed by atoms with E-state index in [9.17, 15) is 10.1 Å². The van der Waals surface area contributed by atoms with Crippen molar-refractivity contribution in [3.05, 3.63) is 28.4 Å². The standard InChI is InChI=1S/C13H19N3O2/c1-9-5-3-6-11(10(9)2)15-13-12(16(17)18)7-4-8-14-13/h4,7-11H,3,5-6H2,1-2H3,(H,14,15)/t9-,10-,11+/m1/s1. The maximum atomic E-state index is 10.9. The Morgan fingerprint density at radius 3 is 2.94 bits per heavy atom. The van der Waals surface area contributed by atoms with Crippen molar-refractivity contribution in [3.8, 4) is 0 Å². The minimum absolute atomic E-state index is 0.0583. The molecule has 0 aliphatic heterocycles. The lowest BCUT2D eigenvalue weighted by atomic mass is 9.78. The average molecular weight is 249 g/mol. The molecule has 1 fully saturated rings. The van der Waals surface area contributed by atoms with Gasteiger partial charge in [0.15, 0.2) is 0 Å². The summed E-state index contributed by atoms with van der Waals surface area (Å²) in [5.41, 5.74) is 0.0583. The second kappa shape index (κ2) is 5.33. The number of nitrogens with zero attached hydrogens (tertiary/aromatic N) is 2. The number of anilines is 1. The highest BCUT2D eigenvalue weighted by Crippen LogP contribution is 2.32. The summed E-state index contributed by atoms with van der Waals surface area (Å²) < 4.78 is 0. The molecular weight excluding hydrogens is 230 g/mol. The number of rotatable bonds is 3. The summed E-state index contributed by atoms with van der Waals surface area (Å²) >= 11 is 0. The fourth-order valence-electron chi connectivity index (χ4n) is 2.62. The molecule has 0 unspecified atom stereocenters. The van der Waals surface area contributed by atoms with Gasteiger partial charge >= 0.3 is 5.69 Å². The molecule has 3 atom stereocenters. The molecule has 0 spiro atoms. The molecule has 98 valence electrons. The van der Waals surface area contributed by atoms with Crippen molar-refractivity contribution >= 4 is 11.5 Å². The molecule has 0 aromatic carbocycles. The predicted octanol–water partition coefficient (Wildman–Crippen LogP) is 3.23. The molecule has 5 nitrogen and oxygen atoms in total. The van der Waals surface area contributed by atoms with Gasteiger partial charge in [0, 0.05) is 18.3 Å². The highest BCUT2D eigenvalue weighted by Gasteiger charge is 2.28. The summed E-state index contributed by atoms with van der Waals surface area (Å²) in [6.07, 6.45) is 5.05. The quantitative estimate of drug-likeness (QED) is 0.659. The van der Waals surface area contributed by atoms with Crippen molar-refractivity contribution in [1.82, 2.24) is 4.98 Å². The van der Waals surface area contributed by atoms with Gasteiger partial charge in [0.05, 0.1) is 4.92 Å². The molecule has 1 aromatic heterocycles. The highest BCUT2D eigenvalue weighted by atomic mass is 16.6. The Kier molecular flexibility index (Phi) is 3.79. The van der Waals surface area contributed by atoms with Crippen molar-refractivity contribution < 1.29 is 4.92 Å². The van der Waals surface area contributed by atoms with E-state index in [4.69, 9.17) is 0 Å². The summed E-state index contributed by atoms with van der Waals surface area (Å²) in [5.74, 6) is 1.56. The second-order valence-corrected chi connectivity index (χ2v) is 5.15. The van der Waals surface area contributed by atoms with Crippen LogP contribution in [0.1, 0.15) is 33.1 Å². The molecule has 18 heavy (non-hydrogen) atoms. The number of nitro groups is 1. The first-order valence-electron chi connectivity index (χ1n) is 6.45. The van der Waals surface area contributed by atoms with Crippen molar-refractivity contribution in [2.24, 2.45) is 11.8 Å². The molecule has 1 aromatic rings. The number of aromatic nitrogens is 1. The molecule has 0 amide bonds. The van der Waals surface area contributed by atoms with Crippen LogP contribution in [0, 0.1) is 22.0 Å². The Morgan fingerprint density at radius 2 is 2.22 bits per heavy atom. The van der Waals surface area contributed by atoms with Gasteiger partial charge in [-0.05, 0) is 24.3 Å². The van der Waals surface area contributed by atoms with E-state index in [1.807, 2.05) is 0 Å². The molecule has 0 bridgehead atoms. The van der Waals surface area contributed by atoms with E-state index in [0.717, 1.165) is 6.42 Å². The Balaban J connectivity index is 2.16. The van der Waals surface area contributed by atoms with Crippen LogP contribution in [-0.2, 0) is 0 Å². The summed E-state index contributed by atoms with van der Waals surface area (Å²) in [5, 5.41) is 14.2. The van der Waals surface area contributed by atoms with Crippen molar-refractivity contribution in [3.63, 3.8) is 0 Å². The number of hydrogen-bond donors (Lipinski definition) is 1. The SMILES string of the molecule is C[C@@H]1[C@H](C)CCC[C@@H]1Nc1ncccc1[N+](=O)[O-].